The Morgan fingerprint density at radius 2 is 1.66 bits per heavy atom. The van der Waals surface area contributed by atoms with Gasteiger partial charge in [0.1, 0.15) is 12.0 Å². The van der Waals surface area contributed by atoms with Crippen molar-refractivity contribution >= 4 is 23.5 Å². The van der Waals surface area contributed by atoms with Crippen LogP contribution in [0.4, 0.5) is 0 Å². The number of carbonyl (C=O) groups is 2. The Hall–Kier alpha value is -3.80. The molecule has 2 aliphatic rings. The molecule has 0 saturated carbocycles. The lowest BCUT2D eigenvalue weighted by atomic mass is 9.81. The van der Waals surface area contributed by atoms with E-state index in [1.165, 1.54) is 19.2 Å². The van der Waals surface area contributed by atoms with Crippen LogP contribution >= 0.6 is 11.6 Å². The van der Waals surface area contributed by atoms with Crippen molar-refractivity contribution in [1.82, 2.24) is 15.8 Å². The smallest absolute Gasteiger partial charge is 0.356 e. The lowest BCUT2D eigenvalue weighted by Gasteiger charge is -2.32. The Morgan fingerprint density at radius 3 is 2.25 bits per heavy atom. The van der Waals surface area contributed by atoms with Crippen LogP contribution in [-0.4, -0.2) is 31.2 Å². The summed E-state index contributed by atoms with van der Waals surface area (Å²) in [6.45, 7) is 0. The van der Waals surface area contributed by atoms with Crippen LogP contribution in [0.2, 0.25) is 5.02 Å². The summed E-state index contributed by atoms with van der Waals surface area (Å²) in [6, 6.07) is 18.4. The molecule has 2 aliphatic heterocycles. The average molecular weight is 451 g/mol. The second-order valence-corrected chi connectivity index (χ2v) is 7.49. The van der Waals surface area contributed by atoms with E-state index in [4.69, 9.17) is 21.1 Å². The maximum absolute atomic E-state index is 12.9. The maximum Gasteiger partial charge on any atom is 0.356 e. The van der Waals surface area contributed by atoms with Crippen LogP contribution in [0.25, 0.3) is 0 Å². The number of nitrogens with zero attached hydrogens (tertiary/aromatic N) is 2. The number of nitrogens with one attached hydrogen (secondary N) is 2. The van der Waals surface area contributed by atoms with Crippen LogP contribution in [0.5, 0.6) is 0 Å². The molecule has 2 unspecified atom stereocenters. The van der Waals surface area contributed by atoms with Gasteiger partial charge < -0.3 is 14.8 Å². The fraction of sp³-hybridized carbons (Fsp3) is 0.174. The Balaban J connectivity index is 1.95. The number of ether oxygens (including phenoxy) is 2. The molecule has 0 bridgehead atoms. The van der Waals surface area contributed by atoms with Crippen molar-refractivity contribution < 1.29 is 19.1 Å². The Kier molecular flexibility index (Phi) is 5.86. The monoisotopic (exact) mass is 450 g/mol. The van der Waals surface area contributed by atoms with E-state index in [1.54, 1.807) is 24.3 Å². The van der Waals surface area contributed by atoms with E-state index in [0.717, 1.165) is 5.56 Å². The topological polar surface area (TPSA) is 104 Å². The van der Waals surface area contributed by atoms with E-state index >= 15 is 0 Å². The summed E-state index contributed by atoms with van der Waals surface area (Å²) in [4.78, 5) is 25.8. The molecule has 1 fully saturated rings. The first-order valence-corrected chi connectivity index (χ1v) is 10.1. The van der Waals surface area contributed by atoms with Gasteiger partial charge in [0, 0.05) is 5.02 Å². The van der Waals surface area contributed by atoms with Gasteiger partial charge in [-0.1, -0.05) is 54.1 Å². The molecule has 2 aromatic rings. The van der Waals surface area contributed by atoms with Gasteiger partial charge in [0.05, 0.1) is 37.4 Å². The molecule has 9 heteroatoms. The highest BCUT2D eigenvalue weighted by atomic mass is 35.5. The van der Waals surface area contributed by atoms with Crippen LogP contribution in [0, 0.1) is 11.3 Å². The van der Waals surface area contributed by atoms with E-state index in [9.17, 15) is 14.9 Å². The molecule has 0 aliphatic carbocycles. The lowest BCUT2D eigenvalue weighted by Crippen LogP contribution is -2.41. The van der Waals surface area contributed by atoms with Crippen molar-refractivity contribution in [3.05, 3.63) is 93.4 Å². The van der Waals surface area contributed by atoms with E-state index in [-0.39, 0.29) is 16.8 Å². The predicted octanol–water partition coefficient (Wildman–Crippen LogP) is 2.88. The average Bonchev–Trinajstić information content (AvgIpc) is 3.27. The minimum Gasteiger partial charge on any atom is -0.466 e. The first kappa shape index (κ1) is 21.4. The number of halogens is 1. The summed E-state index contributed by atoms with van der Waals surface area (Å²) in [5, 5.41) is 15.3. The Bertz CT molecular complexity index is 1170. The van der Waals surface area contributed by atoms with Gasteiger partial charge in [0.2, 0.25) is 0 Å². The van der Waals surface area contributed by atoms with Gasteiger partial charge in [-0.2, -0.15) is 5.26 Å². The van der Waals surface area contributed by atoms with E-state index in [0.29, 0.717) is 16.4 Å². The quantitative estimate of drug-likeness (QED) is 0.685. The van der Waals surface area contributed by atoms with Crippen molar-refractivity contribution in [3.63, 3.8) is 0 Å². The molecule has 162 valence electrons. The van der Waals surface area contributed by atoms with Crippen molar-refractivity contribution in [1.29, 1.82) is 5.26 Å². The van der Waals surface area contributed by atoms with Crippen LogP contribution in [0.15, 0.2) is 77.3 Å². The second kappa shape index (κ2) is 8.75. The third-order valence-electron chi connectivity index (χ3n) is 5.31. The predicted molar refractivity (Wildman–Crippen MR) is 115 cm³/mol. The normalized spacial score (nSPS) is 19.8. The summed E-state index contributed by atoms with van der Waals surface area (Å²) < 4.78 is 10.0. The Morgan fingerprint density at radius 1 is 1.00 bits per heavy atom. The number of rotatable bonds is 4. The highest BCUT2D eigenvalue weighted by molar-refractivity contribution is 6.30. The Labute approximate surface area is 189 Å². The van der Waals surface area contributed by atoms with Gasteiger partial charge in [-0.3, -0.25) is 5.01 Å². The molecule has 2 atom stereocenters. The fourth-order valence-electron chi connectivity index (χ4n) is 3.87. The number of benzene rings is 2. The molecule has 2 aromatic carbocycles. The summed E-state index contributed by atoms with van der Waals surface area (Å²) >= 11 is 6.04. The number of hydrazine groups is 1. The van der Waals surface area contributed by atoms with Gasteiger partial charge in [0.15, 0.2) is 5.70 Å². The number of esters is 2. The zero-order chi connectivity index (χ0) is 22.8. The molecule has 0 aromatic heterocycles. The molecule has 0 spiro atoms. The van der Waals surface area contributed by atoms with Crippen molar-refractivity contribution in [2.24, 2.45) is 0 Å². The van der Waals surface area contributed by atoms with Crippen LogP contribution < -0.4 is 10.7 Å². The number of fused-ring (bicyclic) bond motifs is 1. The minimum absolute atomic E-state index is 0.00927. The van der Waals surface area contributed by atoms with Gasteiger partial charge in [-0.15, -0.1) is 0 Å². The highest BCUT2D eigenvalue weighted by Crippen LogP contribution is 2.43. The maximum atomic E-state index is 12.9. The van der Waals surface area contributed by atoms with E-state index in [2.05, 4.69) is 16.8 Å². The van der Waals surface area contributed by atoms with Gasteiger partial charge in [0.25, 0.3) is 0 Å². The largest absolute Gasteiger partial charge is 0.466 e. The molecule has 2 heterocycles. The third-order valence-corrected chi connectivity index (χ3v) is 5.57. The first-order valence-electron chi connectivity index (χ1n) is 9.68. The third kappa shape index (κ3) is 3.58. The molecule has 4 rings (SSSR count). The van der Waals surface area contributed by atoms with Gasteiger partial charge >= 0.3 is 11.9 Å². The molecule has 2 N–H and O–H groups in total. The SMILES string of the molecule is COC(=O)C1=C(C(=O)OC)N2NC(c3ccccc3)NC2=C(C#N)C1c1ccc(Cl)cc1. The lowest BCUT2D eigenvalue weighted by molar-refractivity contribution is -0.141. The summed E-state index contributed by atoms with van der Waals surface area (Å²) in [7, 11) is 2.44. The fourth-order valence-corrected chi connectivity index (χ4v) is 4.00. The minimum atomic E-state index is -0.867. The highest BCUT2D eigenvalue weighted by Gasteiger charge is 2.46. The summed E-state index contributed by atoms with van der Waals surface area (Å²) in [5.41, 5.74) is 4.81. The summed E-state index contributed by atoms with van der Waals surface area (Å²) in [6.07, 6.45) is -0.447. The number of methoxy groups -OCH3 is 2. The van der Waals surface area contributed by atoms with Crippen LogP contribution in [0.3, 0.4) is 0 Å². The first-order chi connectivity index (χ1) is 15.5. The number of allylic oxidation sites excluding steroid dienone is 1. The van der Waals surface area contributed by atoms with Crippen molar-refractivity contribution in [3.8, 4) is 6.07 Å². The number of hydrogen-bond donors (Lipinski definition) is 2. The van der Waals surface area contributed by atoms with E-state index in [1.807, 2.05) is 30.3 Å². The molecular formula is C23H19ClN4O4. The van der Waals surface area contributed by atoms with Crippen molar-refractivity contribution in [2.75, 3.05) is 14.2 Å². The zero-order valence-electron chi connectivity index (χ0n) is 17.3. The van der Waals surface area contributed by atoms with E-state index < -0.39 is 24.0 Å². The van der Waals surface area contributed by atoms with Crippen LogP contribution in [0.1, 0.15) is 23.2 Å². The van der Waals surface area contributed by atoms with Gasteiger partial charge in [-0.25, -0.2) is 15.0 Å². The number of nitriles is 1. The second-order valence-electron chi connectivity index (χ2n) is 7.06. The molecule has 8 nitrogen and oxygen atoms in total. The standard InChI is InChI=1S/C23H19ClN4O4/c1-31-22(29)18-17(13-8-10-15(24)11-9-13)16(12-25)21-26-20(14-6-4-3-5-7-14)27-28(21)19(18)23(30)32-2/h3-11,17,20,26-27H,1-2H3. The van der Waals surface area contributed by atoms with Crippen LogP contribution in [-0.2, 0) is 19.1 Å². The van der Waals surface area contributed by atoms with Crippen molar-refractivity contribution in [2.45, 2.75) is 12.1 Å². The molecule has 1 saturated heterocycles. The summed E-state index contributed by atoms with van der Waals surface area (Å²) in [5.74, 6) is -2.01. The van der Waals surface area contributed by atoms with Gasteiger partial charge in [-0.05, 0) is 23.3 Å². The number of carbonyl (C=O) groups excluding carboxylic acids is 2. The molecule has 32 heavy (non-hydrogen) atoms. The molecule has 0 amide bonds. The zero-order valence-corrected chi connectivity index (χ0v) is 18.0. The molecule has 0 radical (unpaired) electrons. The number of hydrogen-bond acceptors (Lipinski definition) is 8. The molecular weight excluding hydrogens is 432 g/mol.